The molecule has 2 amide bonds. The third-order valence-electron chi connectivity index (χ3n) is 6.77. The number of anilines is 2. The second-order valence-corrected chi connectivity index (χ2v) is 9.98. The van der Waals surface area contributed by atoms with Crippen LogP contribution in [0.2, 0.25) is 0 Å². The van der Waals surface area contributed by atoms with Crippen molar-refractivity contribution < 1.29 is 14.6 Å². The fourth-order valence-electron chi connectivity index (χ4n) is 4.97. The van der Waals surface area contributed by atoms with Gasteiger partial charge in [-0.25, -0.2) is 14.8 Å². The zero-order chi connectivity index (χ0) is 25.8. The maximum absolute atomic E-state index is 12.9. The molecular formula is C27H35N7O3. The number of benzene rings is 1. The molecule has 1 aliphatic heterocycles. The Bertz CT molecular complexity index is 1220. The van der Waals surface area contributed by atoms with E-state index in [1.54, 1.807) is 23.3 Å². The maximum Gasteiger partial charge on any atom is 0.318 e. The zero-order valence-electron chi connectivity index (χ0n) is 21.4. The number of nitrogens with one attached hydrogen (secondary N) is 2. The first kappa shape index (κ1) is 25.2. The van der Waals surface area contributed by atoms with Crippen molar-refractivity contribution in [2.75, 3.05) is 25.0 Å². The van der Waals surface area contributed by atoms with Gasteiger partial charge in [0.1, 0.15) is 0 Å². The van der Waals surface area contributed by atoms with Crippen LogP contribution in [0, 0.1) is 0 Å². The van der Waals surface area contributed by atoms with Crippen LogP contribution in [-0.2, 0) is 17.7 Å². The number of aliphatic hydroxyl groups excluding tert-OH is 1. The van der Waals surface area contributed by atoms with Gasteiger partial charge in [0.2, 0.25) is 5.95 Å². The van der Waals surface area contributed by atoms with Crippen LogP contribution >= 0.6 is 0 Å². The smallest absolute Gasteiger partial charge is 0.318 e. The third-order valence-corrected chi connectivity index (χ3v) is 6.77. The highest BCUT2D eigenvalue weighted by atomic mass is 16.5. The number of aliphatic hydroxyl groups is 1. The Morgan fingerprint density at radius 1 is 1.24 bits per heavy atom. The van der Waals surface area contributed by atoms with Crippen LogP contribution in [-0.4, -0.2) is 67.7 Å². The molecule has 10 nitrogen and oxygen atoms in total. The molecule has 2 aromatic heterocycles. The molecule has 3 N–H and O–H groups in total. The van der Waals surface area contributed by atoms with E-state index in [1.807, 2.05) is 24.8 Å². The molecule has 0 unspecified atom stereocenters. The van der Waals surface area contributed by atoms with Crippen molar-refractivity contribution >= 4 is 17.7 Å². The van der Waals surface area contributed by atoms with Gasteiger partial charge in [-0.05, 0) is 56.4 Å². The minimum absolute atomic E-state index is 0.00204. The Kier molecular flexibility index (Phi) is 7.66. The summed E-state index contributed by atoms with van der Waals surface area (Å²) in [5.74, 6) is 0.482. The molecule has 5 rings (SSSR count). The van der Waals surface area contributed by atoms with Crippen LogP contribution in [0.1, 0.15) is 50.3 Å². The molecule has 0 saturated carbocycles. The summed E-state index contributed by atoms with van der Waals surface area (Å²) in [6.45, 7) is 5.80. The Balaban J connectivity index is 1.28. The van der Waals surface area contributed by atoms with Crippen molar-refractivity contribution in [3.8, 4) is 11.3 Å². The highest BCUT2D eigenvalue weighted by Gasteiger charge is 2.33. The number of amides is 2. The van der Waals surface area contributed by atoms with Crippen LogP contribution in [0.4, 0.5) is 16.4 Å². The number of ether oxygens (including phenoxy) is 1. The molecule has 37 heavy (non-hydrogen) atoms. The van der Waals surface area contributed by atoms with Gasteiger partial charge in [0.15, 0.2) is 0 Å². The quantitative estimate of drug-likeness (QED) is 0.400. The normalized spacial score (nSPS) is 17.7. The lowest BCUT2D eigenvalue weighted by Gasteiger charge is -2.40. The van der Waals surface area contributed by atoms with Crippen molar-refractivity contribution in [2.45, 2.75) is 64.3 Å². The highest BCUT2D eigenvalue weighted by molar-refractivity contribution is 5.76. The standard InChI is InChI=1S/C27H35N7O3/c1-18(2)37-22-16-33(17-22)27(36)32-25-6-4-3-5-19-13-20(7-8-23(19)25)24-9-10-28-26(31-24)30-21-14-29-34(15-21)11-12-35/h7-10,13-15,18,22,25,35H,3-6,11-12,16-17H2,1-2H3,(H,32,36)(H,28,30,31)/t25-/m0/s1. The van der Waals surface area contributed by atoms with Gasteiger partial charge in [-0.2, -0.15) is 5.10 Å². The lowest BCUT2D eigenvalue weighted by molar-refractivity contribution is -0.0644. The average Bonchev–Trinajstić information content (AvgIpc) is 3.19. The number of carbonyl (C=O) groups excluding carboxylic acids is 1. The van der Waals surface area contributed by atoms with Gasteiger partial charge in [0.05, 0.1) is 62.1 Å². The molecular weight excluding hydrogens is 470 g/mol. The van der Waals surface area contributed by atoms with Gasteiger partial charge < -0.3 is 25.4 Å². The van der Waals surface area contributed by atoms with Crippen LogP contribution in [0.5, 0.6) is 0 Å². The van der Waals surface area contributed by atoms with E-state index in [1.165, 1.54) is 11.1 Å². The summed E-state index contributed by atoms with van der Waals surface area (Å²) in [7, 11) is 0. The molecule has 3 heterocycles. The van der Waals surface area contributed by atoms with Gasteiger partial charge in [-0.1, -0.05) is 18.6 Å². The summed E-state index contributed by atoms with van der Waals surface area (Å²) in [5, 5.41) is 19.7. The van der Waals surface area contributed by atoms with E-state index in [4.69, 9.17) is 14.8 Å². The monoisotopic (exact) mass is 505 g/mol. The molecule has 0 radical (unpaired) electrons. The Hall–Kier alpha value is -3.50. The fraction of sp³-hybridized carbons (Fsp3) is 0.481. The number of carbonyl (C=O) groups is 1. The van der Waals surface area contributed by atoms with Crippen molar-refractivity contribution in [1.29, 1.82) is 0 Å². The first-order chi connectivity index (χ1) is 18.0. The number of likely N-dealkylation sites (tertiary alicyclic amines) is 1. The number of aromatic nitrogens is 4. The molecule has 1 fully saturated rings. The Morgan fingerprint density at radius 2 is 2.11 bits per heavy atom. The van der Waals surface area contributed by atoms with Crippen molar-refractivity contribution in [2.24, 2.45) is 0 Å². The van der Waals surface area contributed by atoms with Gasteiger partial charge in [-0.3, -0.25) is 4.68 Å². The number of hydrogen-bond acceptors (Lipinski definition) is 7. The van der Waals surface area contributed by atoms with E-state index in [0.717, 1.165) is 42.6 Å². The average molecular weight is 506 g/mol. The van der Waals surface area contributed by atoms with Gasteiger partial charge >= 0.3 is 6.03 Å². The van der Waals surface area contributed by atoms with Crippen LogP contribution in [0.15, 0.2) is 42.9 Å². The lowest BCUT2D eigenvalue weighted by Crippen LogP contribution is -2.58. The molecule has 3 aromatic rings. The van der Waals surface area contributed by atoms with E-state index in [9.17, 15) is 4.79 Å². The maximum atomic E-state index is 12.9. The minimum atomic E-state index is -0.0145. The molecule has 1 atom stereocenters. The van der Waals surface area contributed by atoms with Gasteiger partial charge in [0, 0.05) is 18.0 Å². The first-order valence-corrected chi connectivity index (χ1v) is 13.1. The second kappa shape index (κ2) is 11.3. The molecule has 1 aliphatic carbocycles. The summed E-state index contributed by atoms with van der Waals surface area (Å²) < 4.78 is 7.45. The lowest BCUT2D eigenvalue weighted by atomic mass is 9.95. The van der Waals surface area contributed by atoms with Crippen molar-refractivity contribution in [3.05, 3.63) is 54.0 Å². The summed E-state index contributed by atoms with van der Waals surface area (Å²) in [5.41, 5.74) is 5.04. The summed E-state index contributed by atoms with van der Waals surface area (Å²) in [6, 6.07) is 8.29. The topological polar surface area (TPSA) is 117 Å². The van der Waals surface area contributed by atoms with Crippen LogP contribution in [0.25, 0.3) is 11.3 Å². The van der Waals surface area contributed by atoms with Crippen LogP contribution in [0.3, 0.4) is 0 Å². The number of aryl methyl sites for hydroxylation is 1. The largest absolute Gasteiger partial charge is 0.394 e. The van der Waals surface area contributed by atoms with Gasteiger partial charge in [0.25, 0.3) is 0 Å². The SMILES string of the molecule is CC(C)OC1CN(C(=O)N[C@H]2CCCCc3cc(-c4ccnc(Nc5cnn(CCO)c5)n4)ccc32)C1. The first-order valence-electron chi connectivity index (χ1n) is 13.1. The Morgan fingerprint density at radius 3 is 2.92 bits per heavy atom. The Labute approximate surface area is 217 Å². The predicted molar refractivity (Wildman–Crippen MR) is 140 cm³/mol. The molecule has 0 spiro atoms. The second-order valence-electron chi connectivity index (χ2n) is 9.98. The number of urea groups is 1. The van der Waals surface area contributed by atoms with E-state index in [0.29, 0.717) is 25.6 Å². The summed E-state index contributed by atoms with van der Waals surface area (Å²) in [4.78, 5) is 23.8. The summed E-state index contributed by atoms with van der Waals surface area (Å²) >= 11 is 0. The molecule has 1 saturated heterocycles. The fourth-order valence-corrected chi connectivity index (χ4v) is 4.97. The van der Waals surface area contributed by atoms with Crippen molar-refractivity contribution in [3.63, 3.8) is 0 Å². The number of nitrogens with zero attached hydrogens (tertiary/aromatic N) is 5. The molecule has 1 aromatic carbocycles. The van der Waals surface area contributed by atoms with E-state index in [2.05, 4.69) is 38.9 Å². The van der Waals surface area contributed by atoms with Crippen LogP contribution < -0.4 is 10.6 Å². The molecule has 10 heteroatoms. The predicted octanol–water partition coefficient (Wildman–Crippen LogP) is 3.66. The minimum Gasteiger partial charge on any atom is -0.394 e. The molecule has 2 aliphatic rings. The number of rotatable bonds is 8. The zero-order valence-corrected chi connectivity index (χ0v) is 21.4. The number of hydrogen-bond donors (Lipinski definition) is 3. The molecule has 0 bridgehead atoms. The summed E-state index contributed by atoms with van der Waals surface area (Å²) in [6.07, 6.45) is 9.61. The third kappa shape index (κ3) is 6.08. The van der Waals surface area contributed by atoms with Crippen molar-refractivity contribution in [1.82, 2.24) is 30.0 Å². The van der Waals surface area contributed by atoms with E-state index >= 15 is 0 Å². The highest BCUT2D eigenvalue weighted by Crippen LogP contribution is 2.32. The molecule has 196 valence electrons. The van der Waals surface area contributed by atoms with Gasteiger partial charge in [-0.15, -0.1) is 0 Å². The van der Waals surface area contributed by atoms with E-state index < -0.39 is 0 Å². The van der Waals surface area contributed by atoms with E-state index in [-0.39, 0.29) is 30.9 Å². The number of fused-ring (bicyclic) bond motifs is 1.